The van der Waals surface area contributed by atoms with Gasteiger partial charge in [-0.3, -0.25) is 0 Å². The third-order valence-corrected chi connectivity index (χ3v) is 9.40. The predicted octanol–water partition coefficient (Wildman–Crippen LogP) is 2.34. The van der Waals surface area contributed by atoms with E-state index in [1.54, 1.807) is 6.92 Å². The van der Waals surface area contributed by atoms with Crippen molar-refractivity contribution in [3.05, 3.63) is 59.6 Å². The van der Waals surface area contributed by atoms with Crippen molar-refractivity contribution in [2.75, 3.05) is 5.75 Å². The summed E-state index contributed by atoms with van der Waals surface area (Å²) in [6, 6.07) is 9.42. The van der Waals surface area contributed by atoms with Crippen LogP contribution in [0.1, 0.15) is 25.3 Å². The second-order valence-electron chi connectivity index (χ2n) is 6.36. The minimum atomic E-state index is -4.73. The van der Waals surface area contributed by atoms with Gasteiger partial charge in [-0.2, -0.15) is 8.42 Å². The van der Waals surface area contributed by atoms with Gasteiger partial charge in [0, 0.05) is 0 Å². The Bertz CT molecular complexity index is 1270. The fraction of sp³-hybridized carbons (Fsp3) is 0.278. The molecule has 0 aliphatic carbocycles. The lowest BCUT2D eigenvalue weighted by molar-refractivity contribution is 0.00380. The molecule has 0 radical (unpaired) electrons. The number of sulfone groups is 2. The van der Waals surface area contributed by atoms with Gasteiger partial charge >= 0.3 is 14.5 Å². The van der Waals surface area contributed by atoms with Crippen molar-refractivity contribution in [3.8, 4) is 5.75 Å². The molecule has 0 heterocycles. The lowest BCUT2D eigenvalue weighted by Crippen LogP contribution is -2.26. The first-order valence-electron chi connectivity index (χ1n) is 8.75. The van der Waals surface area contributed by atoms with E-state index in [-0.39, 0.29) is 16.4 Å². The topological polar surface area (TPSA) is 148 Å². The van der Waals surface area contributed by atoms with Crippen LogP contribution < -0.4 is 4.18 Å². The van der Waals surface area contributed by atoms with Crippen molar-refractivity contribution in [3.63, 3.8) is 0 Å². The van der Waals surface area contributed by atoms with Gasteiger partial charge in [0.05, 0.1) is 15.5 Å². The first-order chi connectivity index (χ1) is 13.9. The quantitative estimate of drug-likeness (QED) is 0.197. The molecule has 2 aromatic rings. The van der Waals surface area contributed by atoms with Gasteiger partial charge in [-0.15, -0.1) is 4.79 Å². The molecule has 0 unspecified atom stereocenters. The largest absolute Gasteiger partial charge is 0.504 e. The summed E-state index contributed by atoms with van der Waals surface area (Å²) in [6.45, 7) is 3.54. The third-order valence-electron chi connectivity index (χ3n) is 3.98. The van der Waals surface area contributed by atoms with Gasteiger partial charge in [-0.1, -0.05) is 31.0 Å². The Morgan fingerprint density at radius 2 is 1.33 bits per heavy atom. The number of hydrogen-bond acceptors (Lipinski definition) is 7. The minimum absolute atomic E-state index is 0.131. The van der Waals surface area contributed by atoms with E-state index in [0.29, 0.717) is 12.8 Å². The van der Waals surface area contributed by atoms with Crippen molar-refractivity contribution in [2.24, 2.45) is 0 Å². The highest BCUT2D eigenvalue weighted by Gasteiger charge is 2.44. The summed E-state index contributed by atoms with van der Waals surface area (Å²) < 4.78 is 78.0. The molecule has 0 aliphatic heterocycles. The van der Waals surface area contributed by atoms with E-state index in [9.17, 15) is 30.8 Å². The number of hydrogen-bond donors (Lipinski definition) is 0. The SMILES string of the molecule is CCCCS(=O)(=O)Oc1ccc(S(=O)(=O)C(=[N+]=[N-])S(=O)(=O)c2ccc(C)cc2)cc1. The normalized spacial score (nSPS) is 12.2. The number of nitrogens with zero attached hydrogens (tertiary/aromatic N) is 2. The van der Waals surface area contributed by atoms with E-state index in [1.165, 1.54) is 24.3 Å². The monoisotopic (exact) mass is 472 g/mol. The standard InChI is InChI=1S/C18H20N2O7S3/c1-3-4-13-28(21,22)27-15-7-11-17(12-8-15)30(25,26)18(20-19)29(23,24)16-9-5-14(2)6-10-16/h5-12H,3-4,13H2,1-2H3. The lowest BCUT2D eigenvalue weighted by Gasteiger charge is -2.07. The van der Waals surface area contributed by atoms with Gasteiger partial charge in [0.25, 0.3) is 19.7 Å². The van der Waals surface area contributed by atoms with E-state index in [4.69, 9.17) is 4.18 Å². The first kappa shape index (κ1) is 23.7. The molecule has 9 nitrogen and oxygen atoms in total. The van der Waals surface area contributed by atoms with Crippen LogP contribution in [0, 0.1) is 6.92 Å². The Labute approximate surface area is 175 Å². The highest BCUT2D eigenvalue weighted by atomic mass is 32.3. The van der Waals surface area contributed by atoms with Crippen molar-refractivity contribution < 1.29 is 34.2 Å². The molecule has 0 N–H and O–H groups in total. The molecule has 30 heavy (non-hydrogen) atoms. The zero-order chi connectivity index (χ0) is 22.6. The van der Waals surface area contributed by atoms with Crippen LogP contribution in [0.5, 0.6) is 5.75 Å². The van der Waals surface area contributed by atoms with Crippen LogP contribution in [-0.2, 0) is 29.8 Å². The molecule has 0 spiro atoms. The van der Waals surface area contributed by atoms with Crippen molar-refractivity contribution in [1.29, 1.82) is 0 Å². The molecular weight excluding hydrogens is 452 g/mol. The second-order valence-corrected chi connectivity index (χ2v) is 12.0. The maximum Gasteiger partial charge on any atom is 0.504 e. The van der Waals surface area contributed by atoms with Gasteiger partial charge < -0.3 is 9.71 Å². The average molecular weight is 473 g/mol. The first-order valence-corrected chi connectivity index (χ1v) is 13.3. The molecule has 0 fully saturated rings. The summed E-state index contributed by atoms with van der Waals surface area (Å²) >= 11 is 0. The van der Waals surface area contributed by atoms with Gasteiger partial charge in [0.1, 0.15) is 5.75 Å². The number of aryl methyl sites for hydroxylation is 1. The van der Waals surface area contributed by atoms with E-state index in [2.05, 4.69) is 4.79 Å². The molecule has 0 aliphatic rings. The fourth-order valence-electron chi connectivity index (χ4n) is 2.35. The Morgan fingerprint density at radius 1 is 0.867 bits per heavy atom. The molecule has 2 rings (SSSR count). The smallest absolute Gasteiger partial charge is 0.382 e. The fourth-order valence-corrected chi connectivity index (χ4v) is 6.82. The molecule has 0 saturated carbocycles. The van der Waals surface area contributed by atoms with Crippen molar-refractivity contribution in [2.45, 2.75) is 36.5 Å². The molecular formula is C18H20N2O7S3. The van der Waals surface area contributed by atoms with E-state index >= 15 is 0 Å². The zero-order valence-electron chi connectivity index (χ0n) is 16.2. The molecule has 12 heteroatoms. The van der Waals surface area contributed by atoms with E-state index in [1.807, 2.05) is 6.92 Å². The summed E-state index contributed by atoms with van der Waals surface area (Å²) in [5, 5.41) is 0. The predicted molar refractivity (Wildman–Crippen MR) is 110 cm³/mol. The molecule has 0 saturated heterocycles. The van der Waals surface area contributed by atoms with Crippen LogP contribution in [0.2, 0.25) is 0 Å². The van der Waals surface area contributed by atoms with Gasteiger partial charge in [-0.05, 0) is 49.7 Å². The summed E-state index contributed by atoms with van der Waals surface area (Å²) in [7, 11) is -13.2. The number of rotatable bonds is 7. The number of unbranched alkanes of at least 4 members (excludes halogenated alkanes) is 1. The molecule has 0 amide bonds. The molecule has 0 bridgehead atoms. The van der Waals surface area contributed by atoms with Crippen LogP contribution in [0.25, 0.3) is 5.53 Å². The van der Waals surface area contributed by atoms with Crippen LogP contribution >= 0.6 is 0 Å². The summed E-state index contributed by atoms with van der Waals surface area (Å²) in [5.74, 6) is -0.325. The van der Waals surface area contributed by atoms with Crippen molar-refractivity contribution in [1.82, 2.24) is 0 Å². The summed E-state index contributed by atoms with van der Waals surface area (Å²) in [5.41, 5.74) is 9.94. The molecule has 2 aromatic carbocycles. The van der Waals surface area contributed by atoms with Crippen LogP contribution in [0.4, 0.5) is 0 Å². The van der Waals surface area contributed by atoms with Crippen LogP contribution in [-0.4, -0.2) is 40.2 Å². The summed E-state index contributed by atoms with van der Waals surface area (Å²) in [4.78, 5) is 1.67. The molecule has 162 valence electrons. The average Bonchev–Trinajstić information content (AvgIpc) is 2.67. The molecule has 0 aromatic heterocycles. The van der Waals surface area contributed by atoms with E-state index < -0.39 is 39.1 Å². The molecule has 0 atom stereocenters. The van der Waals surface area contributed by atoms with Crippen LogP contribution in [0.15, 0.2) is 58.3 Å². The van der Waals surface area contributed by atoms with Gasteiger partial charge in [0.15, 0.2) is 0 Å². The minimum Gasteiger partial charge on any atom is -0.382 e. The highest BCUT2D eigenvalue weighted by Crippen LogP contribution is 2.23. The highest BCUT2D eigenvalue weighted by molar-refractivity contribution is 8.31. The lowest BCUT2D eigenvalue weighted by atomic mass is 10.2. The summed E-state index contributed by atoms with van der Waals surface area (Å²) in [6.07, 6.45) is 1.06. The number of benzene rings is 2. The third kappa shape index (κ3) is 5.33. The van der Waals surface area contributed by atoms with Crippen LogP contribution in [0.3, 0.4) is 0 Å². The zero-order valence-corrected chi connectivity index (χ0v) is 18.7. The Kier molecular flexibility index (Phi) is 7.19. The van der Waals surface area contributed by atoms with Gasteiger partial charge in [0.2, 0.25) is 0 Å². The Hall–Kier alpha value is -2.53. The Morgan fingerprint density at radius 3 is 1.77 bits per heavy atom. The second kappa shape index (κ2) is 9.09. The van der Waals surface area contributed by atoms with Gasteiger partial charge in [-0.25, -0.2) is 16.8 Å². The Balaban J connectivity index is 2.38. The van der Waals surface area contributed by atoms with E-state index in [0.717, 1.165) is 29.8 Å². The maximum atomic E-state index is 12.8. The van der Waals surface area contributed by atoms with Crippen molar-refractivity contribution >= 4 is 34.2 Å². The maximum absolute atomic E-state index is 12.8.